The molecule has 3 atom stereocenters. The summed E-state index contributed by atoms with van der Waals surface area (Å²) in [5, 5.41) is 26.1. The van der Waals surface area contributed by atoms with Crippen molar-refractivity contribution in [2.24, 2.45) is 11.7 Å². The van der Waals surface area contributed by atoms with E-state index in [-0.39, 0.29) is 18.1 Å². The van der Waals surface area contributed by atoms with Crippen molar-refractivity contribution in [2.75, 3.05) is 18.6 Å². The lowest BCUT2D eigenvalue weighted by molar-refractivity contribution is -0.141. The number of hydrogen-bond acceptors (Lipinski definition) is 7. The van der Waals surface area contributed by atoms with Crippen molar-refractivity contribution in [3.8, 4) is 5.75 Å². The molecular formula is C21H32N4O6S. The van der Waals surface area contributed by atoms with E-state index in [1.807, 2.05) is 6.26 Å². The van der Waals surface area contributed by atoms with Gasteiger partial charge in [-0.1, -0.05) is 26.0 Å². The molecule has 0 aliphatic heterocycles. The highest BCUT2D eigenvalue weighted by Crippen LogP contribution is 2.11. The third kappa shape index (κ3) is 9.56. The van der Waals surface area contributed by atoms with Crippen molar-refractivity contribution in [2.45, 2.75) is 44.8 Å². The second kappa shape index (κ2) is 13.6. The molecule has 0 aromatic heterocycles. The van der Waals surface area contributed by atoms with Crippen LogP contribution in [0.15, 0.2) is 24.3 Å². The Hall–Kier alpha value is -2.79. The van der Waals surface area contributed by atoms with Crippen LogP contribution in [-0.4, -0.2) is 70.6 Å². The molecule has 0 radical (unpaired) electrons. The van der Waals surface area contributed by atoms with Crippen LogP contribution >= 0.6 is 11.8 Å². The number of phenols is 1. The minimum atomic E-state index is -1.23. The highest BCUT2D eigenvalue weighted by atomic mass is 32.2. The van der Waals surface area contributed by atoms with Crippen molar-refractivity contribution < 1.29 is 29.4 Å². The van der Waals surface area contributed by atoms with Crippen LogP contribution in [0.3, 0.4) is 0 Å². The van der Waals surface area contributed by atoms with E-state index in [0.29, 0.717) is 17.7 Å². The molecule has 178 valence electrons. The first kappa shape index (κ1) is 27.2. The third-order valence-corrected chi connectivity index (χ3v) is 5.34. The van der Waals surface area contributed by atoms with Crippen molar-refractivity contribution >= 4 is 35.5 Å². The summed E-state index contributed by atoms with van der Waals surface area (Å²) >= 11 is 1.50. The number of amides is 3. The number of carboxylic acid groups (broad SMARTS) is 1. The van der Waals surface area contributed by atoms with Gasteiger partial charge in [0.25, 0.3) is 0 Å². The number of phenolic OH excluding ortho intramolecular Hbond substituents is 1. The number of thioether (sulfide) groups is 1. The molecule has 0 saturated carbocycles. The lowest BCUT2D eigenvalue weighted by Crippen LogP contribution is -2.54. The summed E-state index contributed by atoms with van der Waals surface area (Å²) in [6.45, 7) is 3.14. The van der Waals surface area contributed by atoms with Crippen LogP contribution < -0.4 is 21.7 Å². The average molecular weight is 469 g/mol. The highest BCUT2D eigenvalue weighted by Gasteiger charge is 2.26. The van der Waals surface area contributed by atoms with Gasteiger partial charge in [0.2, 0.25) is 17.7 Å². The second-order valence-electron chi connectivity index (χ2n) is 7.66. The molecule has 0 heterocycles. The summed E-state index contributed by atoms with van der Waals surface area (Å²) in [4.78, 5) is 48.5. The zero-order chi connectivity index (χ0) is 24.3. The van der Waals surface area contributed by atoms with E-state index in [4.69, 9.17) is 5.73 Å². The molecule has 0 aliphatic rings. The third-order valence-electron chi connectivity index (χ3n) is 4.70. The van der Waals surface area contributed by atoms with E-state index in [1.54, 1.807) is 26.0 Å². The predicted octanol–water partition coefficient (Wildman–Crippen LogP) is -0.158. The molecule has 32 heavy (non-hydrogen) atoms. The van der Waals surface area contributed by atoms with E-state index in [0.717, 1.165) is 0 Å². The molecule has 3 amide bonds. The summed E-state index contributed by atoms with van der Waals surface area (Å²) in [6, 6.07) is 3.12. The molecule has 10 nitrogen and oxygen atoms in total. The summed E-state index contributed by atoms with van der Waals surface area (Å²) < 4.78 is 0. The van der Waals surface area contributed by atoms with Gasteiger partial charge in [-0.15, -0.1) is 0 Å². The Morgan fingerprint density at radius 1 is 1.03 bits per heavy atom. The van der Waals surface area contributed by atoms with Crippen LogP contribution in [0.5, 0.6) is 5.75 Å². The lowest BCUT2D eigenvalue weighted by atomic mass is 10.0. The Morgan fingerprint density at radius 2 is 1.66 bits per heavy atom. The van der Waals surface area contributed by atoms with Crippen molar-refractivity contribution in [3.63, 3.8) is 0 Å². The first-order chi connectivity index (χ1) is 15.0. The molecule has 0 aliphatic carbocycles. The van der Waals surface area contributed by atoms with Crippen LogP contribution in [0, 0.1) is 5.92 Å². The van der Waals surface area contributed by atoms with Gasteiger partial charge in [-0.3, -0.25) is 14.4 Å². The van der Waals surface area contributed by atoms with Crippen LogP contribution in [0.4, 0.5) is 0 Å². The van der Waals surface area contributed by atoms with Crippen molar-refractivity contribution in [3.05, 3.63) is 29.8 Å². The maximum atomic E-state index is 12.5. The zero-order valence-corrected chi connectivity index (χ0v) is 19.3. The number of aromatic hydroxyl groups is 1. The smallest absolute Gasteiger partial charge is 0.326 e. The largest absolute Gasteiger partial charge is 0.508 e. The maximum absolute atomic E-state index is 12.5. The van der Waals surface area contributed by atoms with Crippen LogP contribution in [-0.2, 0) is 25.6 Å². The Labute approximate surface area is 191 Å². The molecular weight excluding hydrogens is 436 g/mol. The quantitative estimate of drug-likeness (QED) is 0.232. The molecule has 3 unspecified atom stereocenters. The molecule has 0 spiro atoms. The summed E-state index contributed by atoms with van der Waals surface area (Å²) in [7, 11) is 0. The van der Waals surface area contributed by atoms with Gasteiger partial charge in [-0.25, -0.2) is 4.79 Å². The standard InChI is InChI=1S/C21H32N4O6S/c1-12(2)18(22)20(29)25-15(8-9-32-3)19(28)23-11-17(27)24-16(21(30)31)10-13-4-6-14(26)7-5-13/h4-7,12,15-16,18,26H,8-11,22H2,1-3H3,(H,23,28)(H,24,27)(H,25,29)(H,30,31). The molecule has 0 bridgehead atoms. The second-order valence-corrected chi connectivity index (χ2v) is 8.64. The number of carbonyl (C=O) groups excluding carboxylic acids is 3. The van der Waals surface area contributed by atoms with Gasteiger partial charge in [-0.2, -0.15) is 11.8 Å². The van der Waals surface area contributed by atoms with Gasteiger partial charge in [0.1, 0.15) is 17.8 Å². The van der Waals surface area contributed by atoms with E-state index in [1.165, 1.54) is 23.9 Å². The molecule has 1 aromatic rings. The molecule has 1 rings (SSSR count). The topological polar surface area (TPSA) is 171 Å². The first-order valence-electron chi connectivity index (χ1n) is 10.2. The average Bonchev–Trinajstić information content (AvgIpc) is 2.74. The Bertz CT molecular complexity index is 787. The van der Waals surface area contributed by atoms with Crippen molar-refractivity contribution in [1.82, 2.24) is 16.0 Å². The monoisotopic (exact) mass is 468 g/mol. The fraction of sp³-hybridized carbons (Fsp3) is 0.524. The number of hydrogen-bond donors (Lipinski definition) is 6. The van der Waals surface area contributed by atoms with E-state index in [9.17, 15) is 29.4 Å². The van der Waals surface area contributed by atoms with Gasteiger partial charge >= 0.3 is 5.97 Å². The van der Waals surface area contributed by atoms with E-state index in [2.05, 4.69) is 16.0 Å². The van der Waals surface area contributed by atoms with Crippen LogP contribution in [0.2, 0.25) is 0 Å². The van der Waals surface area contributed by atoms with Gasteiger partial charge in [0.15, 0.2) is 0 Å². The normalized spacial score (nSPS) is 13.7. The van der Waals surface area contributed by atoms with Gasteiger partial charge in [-0.05, 0) is 42.0 Å². The number of nitrogens with two attached hydrogens (primary N) is 1. The van der Waals surface area contributed by atoms with Gasteiger partial charge < -0.3 is 31.9 Å². The fourth-order valence-electron chi connectivity index (χ4n) is 2.68. The van der Waals surface area contributed by atoms with Gasteiger partial charge in [0, 0.05) is 6.42 Å². The summed E-state index contributed by atoms with van der Waals surface area (Å²) in [5.74, 6) is -2.37. The van der Waals surface area contributed by atoms with Crippen LogP contribution in [0.25, 0.3) is 0 Å². The first-order valence-corrected chi connectivity index (χ1v) is 11.6. The molecule has 11 heteroatoms. The number of carbonyl (C=O) groups is 4. The van der Waals surface area contributed by atoms with Crippen LogP contribution in [0.1, 0.15) is 25.8 Å². The van der Waals surface area contributed by atoms with Gasteiger partial charge in [0.05, 0.1) is 12.6 Å². The maximum Gasteiger partial charge on any atom is 0.326 e. The minimum Gasteiger partial charge on any atom is -0.508 e. The Balaban J connectivity index is 2.66. The van der Waals surface area contributed by atoms with E-state index >= 15 is 0 Å². The number of benzene rings is 1. The number of rotatable bonds is 13. The lowest BCUT2D eigenvalue weighted by Gasteiger charge is -2.22. The summed E-state index contributed by atoms with van der Waals surface area (Å²) in [5.41, 5.74) is 6.44. The minimum absolute atomic E-state index is 0.00873. The summed E-state index contributed by atoms with van der Waals surface area (Å²) in [6.07, 6.45) is 2.22. The molecule has 0 fully saturated rings. The molecule has 0 saturated heterocycles. The predicted molar refractivity (Wildman–Crippen MR) is 122 cm³/mol. The fourth-order valence-corrected chi connectivity index (χ4v) is 3.15. The highest BCUT2D eigenvalue weighted by molar-refractivity contribution is 7.98. The molecule has 1 aromatic carbocycles. The number of carboxylic acids is 1. The Morgan fingerprint density at radius 3 is 2.19 bits per heavy atom. The molecule has 7 N–H and O–H groups in total. The van der Waals surface area contributed by atoms with E-state index < -0.39 is 48.4 Å². The number of aliphatic carboxylic acids is 1. The SMILES string of the molecule is CSCCC(NC(=O)C(N)C(C)C)C(=O)NCC(=O)NC(Cc1ccc(O)cc1)C(=O)O. The zero-order valence-electron chi connectivity index (χ0n) is 18.5. The van der Waals surface area contributed by atoms with Crippen molar-refractivity contribution in [1.29, 1.82) is 0 Å². The Kier molecular flexibility index (Phi) is 11.6. The number of nitrogens with one attached hydrogen (secondary N) is 3.